The fourth-order valence-electron chi connectivity index (χ4n) is 3.83. The molecule has 0 bridgehead atoms. The van der Waals surface area contributed by atoms with Gasteiger partial charge in [0.05, 0.1) is 0 Å². The summed E-state index contributed by atoms with van der Waals surface area (Å²) >= 11 is 0. The Labute approximate surface area is 122 Å². The molecule has 1 aromatic heterocycles. The lowest BCUT2D eigenvalue weighted by Gasteiger charge is -2.29. The number of nitrogens with zero attached hydrogens (tertiary/aromatic N) is 2. The van der Waals surface area contributed by atoms with Crippen LogP contribution < -0.4 is 10.6 Å². The van der Waals surface area contributed by atoms with Crippen LogP contribution in [0.5, 0.6) is 0 Å². The second kappa shape index (κ2) is 6.13. The van der Waals surface area contributed by atoms with Crippen LogP contribution in [0, 0.1) is 5.92 Å². The lowest BCUT2D eigenvalue weighted by Crippen LogP contribution is -2.29. The average Bonchev–Trinajstić information content (AvgIpc) is 2.94. The summed E-state index contributed by atoms with van der Waals surface area (Å²) in [5.74, 6) is 1.98. The monoisotopic (exact) mass is 273 g/mol. The molecule has 3 nitrogen and oxygen atoms in total. The van der Waals surface area contributed by atoms with Crippen molar-refractivity contribution < 1.29 is 0 Å². The van der Waals surface area contributed by atoms with Gasteiger partial charge in [-0.2, -0.15) is 0 Å². The molecule has 0 unspecified atom stereocenters. The molecule has 0 atom stereocenters. The molecular formula is C17H27N3. The highest BCUT2D eigenvalue weighted by Crippen LogP contribution is 2.29. The average molecular weight is 273 g/mol. The zero-order valence-corrected chi connectivity index (χ0v) is 12.7. The summed E-state index contributed by atoms with van der Waals surface area (Å²) in [6.07, 6.45) is 10.6. The van der Waals surface area contributed by atoms with Gasteiger partial charge in [0, 0.05) is 31.4 Å². The maximum absolute atomic E-state index is 5.95. The van der Waals surface area contributed by atoms with Crippen LogP contribution >= 0.6 is 0 Å². The first-order valence-corrected chi connectivity index (χ1v) is 8.21. The highest BCUT2D eigenvalue weighted by Gasteiger charge is 2.20. The fraction of sp³-hybridized carbons (Fsp3) is 0.706. The number of hydrogen-bond acceptors (Lipinski definition) is 3. The van der Waals surface area contributed by atoms with Gasteiger partial charge in [-0.3, -0.25) is 0 Å². The molecule has 3 heteroatoms. The molecule has 110 valence electrons. The number of nitrogens with two attached hydrogens (primary N) is 1. The van der Waals surface area contributed by atoms with E-state index in [0.717, 1.165) is 24.7 Å². The van der Waals surface area contributed by atoms with E-state index >= 15 is 0 Å². The SMILES string of the molecule is CN(CC1CCCCC1)c1nc2c(cc1CN)CCC2. The molecule has 0 aliphatic heterocycles. The van der Waals surface area contributed by atoms with E-state index < -0.39 is 0 Å². The van der Waals surface area contributed by atoms with Crippen LogP contribution in [-0.2, 0) is 19.4 Å². The van der Waals surface area contributed by atoms with Crippen molar-refractivity contribution in [2.45, 2.75) is 57.9 Å². The highest BCUT2D eigenvalue weighted by molar-refractivity contribution is 5.50. The zero-order valence-electron chi connectivity index (χ0n) is 12.7. The summed E-state index contributed by atoms with van der Waals surface area (Å²) in [5, 5.41) is 0. The standard InChI is InChI=1S/C17H27N3/c1-20(12-13-6-3-2-4-7-13)17-15(11-18)10-14-8-5-9-16(14)19-17/h10,13H,2-9,11-12,18H2,1H3. The normalized spacial score (nSPS) is 19.1. The molecule has 2 aliphatic carbocycles. The van der Waals surface area contributed by atoms with Gasteiger partial charge in [-0.05, 0) is 49.7 Å². The summed E-state index contributed by atoms with van der Waals surface area (Å²) in [7, 11) is 2.19. The number of aryl methyl sites for hydroxylation is 2. The van der Waals surface area contributed by atoms with Crippen molar-refractivity contribution in [1.82, 2.24) is 4.98 Å². The van der Waals surface area contributed by atoms with Gasteiger partial charge in [0.1, 0.15) is 5.82 Å². The molecule has 0 amide bonds. The van der Waals surface area contributed by atoms with Crippen LogP contribution in [-0.4, -0.2) is 18.6 Å². The fourth-order valence-corrected chi connectivity index (χ4v) is 3.83. The molecule has 0 saturated heterocycles. The number of hydrogen-bond donors (Lipinski definition) is 1. The third-order valence-corrected chi connectivity index (χ3v) is 4.95. The van der Waals surface area contributed by atoms with Gasteiger partial charge < -0.3 is 10.6 Å². The predicted molar refractivity (Wildman–Crippen MR) is 84.0 cm³/mol. The molecule has 1 aromatic rings. The van der Waals surface area contributed by atoms with Crippen molar-refractivity contribution in [2.24, 2.45) is 11.7 Å². The Kier molecular flexibility index (Phi) is 4.25. The van der Waals surface area contributed by atoms with Gasteiger partial charge in [-0.25, -0.2) is 4.98 Å². The second-order valence-corrected chi connectivity index (χ2v) is 6.52. The largest absolute Gasteiger partial charge is 0.359 e. The molecule has 20 heavy (non-hydrogen) atoms. The highest BCUT2D eigenvalue weighted by atomic mass is 15.2. The van der Waals surface area contributed by atoms with Crippen molar-refractivity contribution in [3.8, 4) is 0 Å². The summed E-state index contributed by atoms with van der Waals surface area (Å²) in [6.45, 7) is 1.74. The molecule has 0 aromatic carbocycles. The van der Waals surface area contributed by atoms with Crippen molar-refractivity contribution >= 4 is 5.82 Å². The summed E-state index contributed by atoms with van der Waals surface area (Å²) in [5.41, 5.74) is 9.92. The number of rotatable bonds is 4. The van der Waals surface area contributed by atoms with Crippen LogP contribution in [0.4, 0.5) is 5.82 Å². The zero-order chi connectivity index (χ0) is 13.9. The van der Waals surface area contributed by atoms with E-state index in [0.29, 0.717) is 6.54 Å². The van der Waals surface area contributed by atoms with Crippen molar-refractivity contribution in [1.29, 1.82) is 0 Å². The van der Waals surface area contributed by atoms with Gasteiger partial charge in [-0.1, -0.05) is 19.3 Å². The van der Waals surface area contributed by atoms with E-state index in [1.165, 1.54) is 61.8 Å². The number of anilines is 1. The Bertz CT molecular complexity index is 464. The van der Waals surface area contributed by atoms with Crippen LogP contribution in [0.25, 0.3) is 0 Å². The minimum atomic E-state index is 0.602. The first-order valence-electron chi connectivity index (χ1n) is 8.21. The Balaban J connectivity index is 1.77. The Morgan fingerprint density at radius 2 is 2.00 bits per heavy atom. The van der Waals surface area contributed by atoms with E-state index in [1.807, 2.05) is 0 Å². The minimum Gasteiger partial charge on any atom is -0.359 e. The topological polar surface area (TPSA) is 42.2 Å². The third kappa shape index (κ3) is 2.83. The van der Waals surface area contributed by atoms with E-state index in [1.54, 1.807) is 0 Å². The molecule has 2 aliphatic rings. The molecule has 1 saturated carbocycles. The Morgan fingerprint density at radius 3 is 2.75 bits per heavy atom. The quantitative estimate of drug-likeness (QED) is 0.917. The molecular weight excluding hydrogens is 246 g/mol. The van der Waals surface area contributed by atoms with Crippen LogP contribution in [0.2, 0.25) is 0 Å². The van der Waals surface area contributed by atoms with E-state index in [2.05, 4.69) is 18.0 Å². The first kappa shape index (κ1) is 13.9. The first-order chi connectivity index (χ1) is 9.78. The van der Waals surface area contributed by atoms with E-state index in [4.69, 9.17) is 10.7 Å². The van der Waals surface area contributed by atoms with Crippen molar-refractivity contribution in [3.63, 3.8) is 0 Å². The van der Waals surface area contributed by atoms with Crippen LogP contribution in [0.1, 0.15) is 55.3 Å². The second-order valence-electron chi connectivity index (χ2n) is 6.52. The number of fused-ring (bicyclic) bond motifs is 1. The third-order valence-electron chi connectivity index (χ3n) is 4.95. The number of pyridine rings is 1. The van der Waals surface area contributed by atoms with Crippen molar-refractivity contribution in [3.05, 3.63) is 22.9 Å². The van der Waals surface area contributed by atoms with E-state index in [9.17, 15) is 0 Å². The summed E-state index contributed by atoms with van der Waals surface area (Å²) < 4.78 is 0. The van der Waals surface area contributed by atoms with Gasteiger partial charge in [-0.15, -0.1) is 0 Å². The Morgan fingerprint density at radius 1 is 1.20 bits per heavy atom. The van der Waals surface area contributed by atoms with E-state index in [-0.39, 0.29) is 0 Å². The van der Waals surface area contributed by atoms with Gasteiger partial charge in [0.25, 0.3) is 0 Å². The maximum Gasteiger partial charge on any atom is 0.133 e. The van der Waals surface area contributed by atoms with Gasteiger partial charge in [0.15, 0.2) is 0 Å². The minimum absolute atomic E-state index is 0.602. The molecule has 0 radical (unpaired) electrons. The van der Waals surface area contributed by atoms with Crippen LogP contribution in [0.3, 0.4) is 0 Å². The summed E-state index contributed by atoms with van der Waals surface area (Å²) in [6, 6.07) is 2.31. The Hall–Kier alpha value is -1.09. The lowest BCUT2D eigenvalue weighted by molar-refractivity contribution is 0.361. The molecule has 3 rings (SSSR count). The molecule has 1 heterocycles. The smallest absolute Gasteiger partial charge is 0.133 e. The maximum atomic E-state index is 5.95. The predicted octanol–water partition coefficient (Wildman–Crippen LogP) is 3.05. The molecule has 2 N–H and O–H groups in total. The molecule has 1 fully saturated rings. The lowest BCUT2D eigenvalue weighted by atomic mass is 9.89. The van der Waals surface area contributed by atoms with Crippen molar-refractivity contribution in [2.75, 3.05) is 18.5 Å². The van der Waals surface area contributed by atoms with Gasteiger partial charge in [0.2, 0.25) is 0 Å². The van der Waals surface area contributed by atoms with Crippen LogP contribution in [0.15, 0.2) is 6.07 Å². The summed E-state index contributed by atoms with van der Waals surface area (Å²) in [4.78, 5) is 7.29. The number of aromatic nitrogens is 1. The molecule has 0 spiro atoms. The van der Waals surface area contributed by atoms with Gasteiger partial charge >= 0.3 is 0 Å².